The van der Waals surface area contributed by atoms with Gasteiger partial charge in [-0.1, -0.05) is 19.3 Å². The Balaban J connectivity index is 1.97. The Bertz CT molecular complexity index is 659. The summed E-state index contributed by atoms with van der Waals surface area (Å²) >= 11 is 0. The lowest BCUT2D eigenvalue weighted by atomic mass is 9.88. The Morgan fingerprint density at radius 2 is 2.05 bits per heavy atom. The monoisotopic (exact) mass is 286 g/mol. The van der Waals surface area contributed by atoms with Crippen molar-refractivity contribution >= 4 is 5.97 Å². The standard InChI is InChI=1S/C15H18N4O2/c1-10-9-12(15(20)21)7-8-13(10)19-14(16-17-18-19)11-5-3-2-4-6-11/h7-9,11H,2-6H2,1H3,(H,20,21). The summed E-state index contributed by atoms with van der Waals surface area (Å²) in [4.78, 5) is 11.0. The van der Waals surface area contributed by atoms with E-state index in [1.165, 1.54) is 19.3 Å². The van der Waals surface area contributed by atoms with Gasteiger partial charge in [-0.3, -0.25) is 0 Å². The molecular formula is C15H18N4O2. The molecule has 1 aliphatic carbocycles. The zero-order chi connectivity index (χ0) is 14.8. The largest absolute Gasteiger partial charge is 0.478 e. The summed E-state index contributed by atoms with van der Waals surface area (Å²) in [6.07, 6.45) is 5.95. The topological polar surface area (TPSA) is 80.9 Å². The molecule has 1 heterocycles. The van der Waals surface area contributed by atoms with Gasteiger partial charge < -0.3 is 5.11 Å². The Kier molecular flexibility index (Phi) is 3.68. The van der Waals surface area contributed by atoms with E-state index in [0.29, 0.717) is 5.92 Å². The maximum absolute atomic E-state index is 11.0. The number of carbonyl (C=O) groups is 1. The van der Waals surface area contributed by atoms with Gasteiger partial charge in [0.25, 0.3) is 0 Å². The van der Waals surface area contributed by atoms with E-state index in [4.69, 9.17) is 5.11 Å². The number of carboxylic acid groups (broad SMARTS) is 1. The third-order valence-electron chi connectivity index (χ3n) is 4.14. The van der Waals surface area contributed by atoms with Crippen molar-refractivity contribution < 1.29 is 9.90 Å². The molecule has 0 spiro atoms. The quantitative estimate of drug-likeness (QED) is 0.938. The zero-order valence-corrected chi connectivity index (χ0v) is 12.0. The number of aryl methyl sites for hydroxylation is 1. The second-order valence-electron chi connectivity index (χ2n) is 5.59. The van der Waals surface area contributed by atoms with E-state index in [2.05, 4.69) is 15.5 Å². The minimum atomic E-state index is -0.922. The number of hydrogen-bond donors (Lipinski definition) is 1. The SMILES string of the molecule is Cc1cc(C(=O)O)ccc1-n1nnnc1C1CCCCC1. The van der Waals surface area contributed by atoms with Gasteiger partial charge in [0, 0.05) is 5.92 Å². The van der Waals surface area contributed by atoms with Gasteiger partial charge in [-0.2, -0.15) is 4.68 Å². The predicted octanol–water partition coefficient (Wildman–Crippen LogP) is 2.72. The number of aromatic nitrogens is 4. The van der Waals surface area contributed by atoms with E-state index in [0.717, 1.165) is 29.9 Å². The van der Waals surface area contributed by atoms with Crippen LogP contribution in [0, 0.1) is 6.92 Å². The van der Waals surface area contributed by atoms with E-state index >= 15 is 0 Å². The minimum absolute atomic E-state index is 0.281. The summed E-state index contributed by atoms with van der Waals surface area (Å²) in [6.45, 7) is 1.88. The molecule has 0 amide bonds. The van der Waals surface area contributed by atoms with Gasteiger partial charge in [-0.05, 0) is 54.0 Å². The van der Waals surface area contributed by atoms with Crippen LogP contribution in [0.3, 0.4) is 0 Å². The van der Waals surface area contributed by atoms with E-state index in [1.54, 1.807) is 22.9 Å². The molecular weight excluding hydrogens is 268 g/mol. The molecule has 6 heteroatoms. The van der Waals surface area contributed by atoms with Gasteiger partial charge in [0.15, 0.2) is 5.82 Å². The molecule has 0 bridgehead atoms. The molecule has 1 aromatic carbocycles. The molecule has 2 aromatic rings. The molecule has 1 fully saturated rings. The molecule has 0 aliphatic heterocycles. The van der Waals surface area contributed by atoms with Gasteiger partial charge >= 0.3 is 5.97 Å². The molecule has 1 N–H and O–H groups in total. The molecule has 1 aliphatic rings. The summed E-state index contributed by atoms with van der Waals surface area (Å²) in [5, 5.41) is 21.2. The first-order valence-electron chi connectivity index (χ1n) is 7.29. The summed E-state index contributed by atoms with van der Waals surface area (Å²) in [7, 11) is 0. The molecule has 3 rings (SSSR count). The van der Waals surface area contributed by atoms with Crippen molar-refractivity contribution in [3.8, 4) is 5.69 Å². The summed E-state index contributed by atoms with van der Waals surface area (Å²) in [5.41, 5.74) is 1.99. The lowest BCUT2D eigenvalue weighted by molar-refractivity contribution is 0.0697. The first kappa shape index (κ1) is 13.7. The smallest absolute Gasteiger partial charge is 0.335 e. The Labute approximate surface area is 122 Å². The van der Waals surface area contributed by atoms with E-state index in [-0.39, 0.29) is 5.56 Å². The van der Waals surface area contributed by atoms with Crippen LogP contribution in [0.25, 0.3) is 5.69 Å². The lowest BCUT2D eigenvalue weighted by Crippen LogP contribution is -2.13. The van der Waals surface area contributed by atoms with Gasteiger partial charge in [0.2, 0.25) is 0 Å². The molecule has 110 valence electrons. The molecule has 21 heavy (non-hydrogen) atoms. The molecule has 1 saturated carbocycles. The highest BCUT2D eigenvalue weighted by molar-refractivity contribution is 5.88. The lowest BCUT2D eigenvalue weighted by Gasteiger charge is -2.20. The van der Waals surface area contributed by atoms with Crippen LogP contribution in [0.2, 0.25) is 0 Å². The fraction of sp³-hybridized carbons (Fsp3) is 0.467. The molecule has 0 unspecified atom stereocenters. The highest BCUT2D eigenvalue weighted by Crippen LogP contribution is 2.32. The molecule has 0 radical (unpaired) electrons. The third-order valence-corrected chi connectivity index (χ3v) is 4.14. The second kappa shape index (κ2) is 5.63. The molecule has 1 aromatic heterocycles. The van der Waals surface area contributed by atoms with Crippen LogP contribution in [0.1, 0.15) is 59.8 Å². The molecule has 0 atom stereocenters. The van der Waals surface area contributed by atoms with Crippen molar-refractivity contribution in [2.45, 2.75) is 44.9 Å². The van der Waals surface area contributed by atoms with Gasteiger partial charge in [-0.25, -0.2) is 4.79 Å². The highest BCUT2D eigenvalue weighted by atomic mass is 16.4. The Morgan fingerprint density at radius 3 is 2.71 bits per heavy atom. The average molecular weight is 286 g/mol. The van der Waals surface area contributed by atoms with Crippen LogP contribution in [0.4, 0.5) is 0 Å². The molecule has 0 saturated heterocycles. The maximum atomic E-state index is 11.0. The van der Waals surface area contributed by atoms with Crippen LogP contribution in [0.15, 0.2) is 18.2 Å². The number of benzene rings is 1. The van der Waals surface area contributed by atoms with E-state index in [9.17, 15) is 4.79 Å². The highest BCUT2D eigenvalue weighted by Gasteiger charge is 2.23. The maximum Gasteiger partial charge on any atom is 0.335 e. The zero-order valence-electron chi connectivity index (χ0n) is 12.0. The summed E-state index contributed by atoms with van der Waals surface area (Å²) in [5.74, 6) is 0.363. The van der Waals surface area contributed by atoms with E-state index < -0.39 is 5.97 Å². The van der Waals surface area contributed by atoms with Gasteiger partial charge in [-0.15, -0.1) is 5.10 Å². The van der Waals surface area contributed by atoms with Crippen molar-refractivity contribution in [3.63, 3.8) is 0 Å². The Hall–Kier alpha value is -2.24. The predicted molar refractivity (Wildman–Crippen MR) is 76.7 cm³/mol. The van der Waals surface area contributed by atoms with Crippen molar-refractivity contribution in [3.05, 3.63) is 35.2 Å². The number of nitrogens with zero attached hydrogens (tertiary/aromatic N) is 4. The number of aromatic carboxylic acids is 1. The first-order chi connectivity index (χ1) is 10.2. The van der Waals surface area contributed by atoms with Crippen molar-refractivity contribution in [2.75, 3.05) is 0 Å². The van der Waals surface area contributed by atoms with Gasteiger partial charge in [0.05, 0.1) is 11.3 Å². The number of carboxylic acids is 1. The van der Waals surface area contributed by atoms with Crippen LogP contribution >= 0.6 is 0 Å². The van der Waals surface area contributed by atoms with Gasteiger partial charge in [0.1, 0.15) is 0 Å². The van der Waals surface area contributed by atoms with Crippen LogP contribution < -0.4 is 0 Å². The third kappa shape index (κ3) is 2.66. The fourth-order valence-electron chi connectivity index (χ4n) is 3.01. The number of rotatable bonds is 3. The van der Waals surface area contributed by atoms with Crippen LogP contribution in [-0.2, 0) is 0 Å². The van der Waals surface area contributed by atoms with Crippen molar-refractivity contribution in [1.29, 1.82) is 0 Å². The first-order valence-corrected chi connectivity index (χ1v) is 7.29. The van der Waals surface area contributed by atoms with E-state index in [1.807, 2.05) is 6.92 Å². The summed E-state index contributed by atoms with van der Waals surface area (Å²) < 4.78 is 1.76. The fourth-order valence-corrected chi connectivity index (χ4v) is 3.01. The van der Waals surface area contributed by atoms with Crippen LogP contribution in [-0.4, -0.2) is 31.3 Å². The number of hydrogen-bond acceptors (Lipinski definition) is 4. The second-order valence-corrected chi connectivity index (χ2v) is 5.59. The molecule has 6 nitrogen and oxygen atoms in total. The normalized spacial score (nSPS) is 16.0. The number of tetrazole rings is 1. The van der Waals surface area contributed by atoms with Crippen molar-refractivity contribution in [1.82, 2.24) is 20.2 Å². The van der Waals surface area contributed by atoms with Crippen molar-refractivity contribution in [2.24, 2.45) is 0 Å². The Morgan fingerprint density at radius 1 is 1.29 bits per heavy atom. The van der Waals surface area contributed by atoms with Crippen LogP contribution in [0.5, 0.6) is 0 Å². The minimum Gasteiger partial charge on any atom is -0.478 e. The summed E-state index contributed by atoms with van der Waals surface area (Å²) in [6, 6.07) is 5.03. The average Bonchev–Trinajstić information content (AvgIpc) is 2.97.